The fourth-order valence-corrected chi connectivity index (χ4v) is 4.85. The normalized spacial score (nSPS) is 10.9. The van der Waals surface area contributed by atoms with Crippen LogP contribution in [0.15, 0.2) is 88.4 Å². The van der Waals surface area contributed by atoms with Crippen LogP contribution < -0.4 is 4.72 Å². The Labute approximate surface area is 193 Å². The molecule has 0 atom stereocenters. The number of aromatic nitrogens is 1. The van der Waals surface area contributed by atoms with Crippen molar-refractivity contribution < 1.29 is 18.3 Å². The lowest BCUT2D eigenvalue weighted by atomic mass is 10.1. The van der Waals surface area contributed by atoms with E-state index in [1.165, 1.54) is 12.3 Å². The average molecular weight is 507 g/mol. The minimum atomic E-state index is -3.89. The highest BCUT2D eigenvalue weighted by Crippen LogP contribution is 2.31. The first kappa shape index (κ1) is 21.6. The van der Waals surface area contributed by atoms with Crippen molar-refractivity contribution in [2.45, 2.75) is 4.90 Å². The van der Waals surface area contributed by atoms with Crippen molar-refractivity contribution in [2.75, 3.05) is 4.72 Å². The Morgan fingerprint density at radius 1 is 0.906 bits per heavy atom. The minimum absolute atomic E-state index is 0.0783. The number of hydrogen-bond acceptors (Lipinski definition) is 4. The summed E-state index contributed by atoms with van der Waals surface area (Å²) in [5, 5.41) is 10.3. The molecular formula is C24H15BrN2O4S. The summed E-state index contributed by atoms with van der Waals surface area (Å²) >= 11 is 3.46. The Balaban J connectivity index is 1.69. The smallest absolute Gasteiger partial charge is 0.354 e. The van der Waals surface area contributed by atoms with Crippen LogP contribution in [0.2, 0.25) is 0 Å². The lowest BCUT2D eigenvalue weighted by molar-refractivity contribution is 0.0690. The number of carbonyl (C=O) groups is 1. The Morgan fingerprint density at radius 2 is 1.62 bits per heavy atom. The molecule has 0 saturated carbocycles. The molecule has 4 rings (SSSR count). The Kier molecular flexibility index (Phi) is 5.95. The number of benzene rings is 3. The lowest BCUT2D eigenvalue weighted by Crippen LogP contribution is -2.14. The van der Waals surface area contributed by atoms with Gasteiger partial charge in [0.1, 0.15) is 5.69 Å². The van der Waals surface area contributed by atoms with Crippen molar-refractivity contribution >= 4 is 48.4 Å². The van der Waals surface area contributed by atoms with E-state index >= 15 is 0 Å². The van der Waals surface area contributed by atoms with Crippen molar-refractivity contribution in [3.63, 3.8) is 0 Å². The molecule has 0 fully saturated rings. The van der Waals surface area contributed by atoms with E-state index in [2.05, 4.69) is 37.5 Å². The van der Waals surface area contributed by atoms with Gasteiger partial charge in [-0.05, 0) is 41.8 Å². The molecule has 158 valence electrons. The summed E-state index contributed by atoms with van der Waals surface area (Å²) < 4.78 is 29.9. The number of carboxylic acids is 1. The molecule has 0 amide bonds. The summed E-state index contributed by atoms with van der Waals surface area (Å²) in [4.78, 5) is 14.9. The van der Waals surface area contributed by atoms with Crippen molar-refractivity contribution in [1.82, 2.24) is 4.98 Å². The third kappa shape index (κ3) is 4.49. The van der Waals surface area contributed by atoms with E-state index in [9.17, 15) is 13.2 Å². The number of sulfonamides is 1. The first-order valence-electron chi connectivity index (χ1n) is 9.35. The molecule has 32 heavy (non-hydrogen) atoms. The Morgan fingerprint density at radius 3 is 2.34 bits per heavy atom. The number of nitrogens with zero attached hydrogens (tertiary/aromatic N) is 1. The van der Waals surface area contributed by atoms with Gasteiger partial charge in [-0.15, -0.1) is 0 Å². The molecule has 0 aliphatic rings. The van der Waals surface area contributed by atoms with Crippen LogP contribution in [0, 0.1) is 11.8 Å². The summed E-state index contributed by atoms with van der Waals surface area (Å²) in [5.41, 5.74) is 1.24. The molecule has 8 heteroatoms. The van der Waals surface area contributed by atoms with Crippen molar-refractivity contribution in [1.29, 1.82) is 0 Å². The minimum Gasteiger partial charge on any atom is -0.477 e. The zero-order chi connectivity index (χ0) is 22.7. The van der Waals surface area contributed by atoms with Gasteiger partial charge in [0, 0.05) is 27.2 Å². The molecule has 0 radical (unpaired) electrons. The Bertz CT molecular complexity index is 1500. The highest BCUT2D eigenvalue weighted by atomic mass is 79.9. The topological polar surface area (TPSA) is 96.4 Å². The van der Waals surface area contributed by atoms with Crippen LogP contribution in [0.1, 0.15) is 21.6 Å². The fraction of sp³-hybridized carbons (Fsp3) is 0. The number of nitrogens with one attached hydrogen (secondary N) is 1. The maximum absolute atomic E-state index is 13.2. The number of carboxylic acid groups (broad SMARTS) is 1. The summed E-state index contributed by atoms with van der Waals surface area (Å²) in [6.45, 7) is 0. The van der Waals surface area contributed by atoms with Crippen molar-refractivity contribution in [3.8, 4) is 11.8 Å². The number of aromatic carboxylic acids is 1. The largest absolute Gasteiger partial charge is 0.477 e. The van der Waals surface area contributed by atoms with Crippen LogP contribution in [-0.4, -0.2) is 24.5 Å². The van der Waals surface area contributed by atoms with Crippen LogP contribution >= 0.6 is 15.9 Å². The summed E-state index contributed by atoms with van der Waals surface area (Å²) in [6.07, 6.45) is 1.36. The van der Waals surface area contributed by atoms with Gasteiger partial charge >= 0.3 is 5.97 Å². The molecule has 0 aliphatic heterocycles. The third-order valence-corrected chi connectivity index (χ3v) is 6.73. The van der Waals surface area contributed by atoms with E-state index in [4.69, 9.17) is 5.11 Å². The molecular weight excluding hydrogens is 492 g/mol. The monoisotopic (exact) mass is 506 g/mol. The van der Waals surface area contributed by atoms with E-state index < -0.39 is 16.0 Å². The van der Waals surface area contributed by atoms with Crippen LogP contribution in [0.5, 0.6) is 0 Å². The number of halogens is 1. The first-order chi connectivity index (χ1) is 15.3. The zero-order valence-corrected chi connectivity index (χ0v) is 18.8. The summed E-state index contributed by atoms with van der Waals surface area (Å²) in [6, 6.07) is 20.2. The third-order valence-electron chi connectivity index (χ3n) is 4.62. The molecule has 0 aliphatic carbocycles. The number of para-hydroxylation sites is 1. The number of rotatable bonds is 4. The molecule has 0 saturated heterocycles. The number of hydrogen-bond donors (Lipinski definition) is 2. The zero-order valence-electron chi connectivity index (χ0n) is 16.4. The second-order valence-electron chi connectivity index (χ2n) is 6.73. The summed E-state index contributed by atoms with van der Waals surface area (Å²) in [7, 11) is -3.89. The predicted octanol–water partition coefficient (Wildman–Crippen LogP) is 4.90. The van der Waals surface area contributed by atoms with E-state index in [0.717, 1.165) is 9.86 Å². The standard InChI is InChI=1S/C24H15BrN2O4S/c25-20-12-14-23(19-7-3-2-6-18(19)20)32(30,31)27-21-8-4-1-5-17(21)11-9-16-10-13-22(24(28)29)26-15-16/h1-8,10,12-15,27H,(H,28,29). The molecule has 1 aromatic heterocycles. The van der Waals surface area contributed by atoms with Gasteiger partial charge in [-0.2, -0.15) is 0 Å². The maximum Gasteiger partial charge on any atom is 0.354 e. The van der Waals surface area contributed by atoms with E-state index in [1.54, 1.807) is 54.6 Å². The first-order valence-corrected chi connectivity index (χ1v) is 11.6. The van der Waals surface area contributed by atoms with Crippen LogP contribution in [0.3, 0.4) is 0 Å². The molecule has 0 bridgehead atoms. The van der Waals surface area contributed by atoms with E-state index in [-0.39, 0.29) is 10.6 Å². The van der Waals surface area contributed by atoms with Gasteiger partial charge in [0.2, 0.25) is 0 Å². The molecule has 3 aromatic carbocycles. The van der Waals surface area contributed by atoms with Crippen LogP contribution in [0.4, 0.5) is 5.69 Å². The average Bonchev–Trinajstić information content (AvgIpc) is 2.79. The molecule has 0 spiro atoms. The molecule has 6 nitrogen and oxygen atoms in total. The predicted molar refractivity (Wildman–Crippen MR) is 126 cm³/mol. The highest BCUT2D eigenvalue weighted by molar-refractivity contribution is 9.10. The molecule has 2 N–H and O–H groups in total. The van der Waals surface area contributed by atoms with Crippen LogP contribution in [0.25, 0.3) is 10.8 Å². The van der Waals surface area contributed by atoms with Gasteiger partial charge in [0.15, 0.2) is 0 Å². The molecule has 1 heterocycles. The summed E-state index contributed by atoms with van der Waals surface area (Å²) in [5.74, 6) is 4.69. The maximum atomic E-state index is 13.2. The second-order valence-corrected chi connectivity index (χ2v) is 9.23. The Hall–Kier alpha value is -3.67. The van der Waals surface area contributed by atoms with Crippen molar-refractivity contribution in [3.05, 3.63) is 100 Å². The number of anilines is 1. The molecule has 4 aromatic rings. The molecule has 0 unspecified atom stereocenters. The lowest BCUT2D eigenvalue weighted by Gasteiger charge is -2.12. The van der Waals surface area contributed by atoms with Crippen LogP contribution in [-0.2, 0) is 10.0 Å². The van der Waals surface area contributed by atoms with Gasteiger partial charge in [0.25, 0.3) is 10.0 Å². The van der Waals surface area contributed by atoms with Gasteiger partial charge in [0.05, 0.1) is 10.6 Å². The van der Waals surface area contributed by atoms with Gasteiger partial charge in [-0.1, -0.05) is 64.2 Å². The quantitative estimate of drug-likeness (QED) is 0.384. The van der Waals surface area contributed by atoms with Gasteiger partial charge in [-0.3, -0.25) is 4.72 Å². The second kappa shape index (κ2) is 8.83. The fourth-order valence-electron chi connectivity index (χ4n) is 3.08. The highest BCUT2D eigenvalue weighted by Gasteiger charge is 2.19. The SMILES string of the molecule is O=C(O)c1ccc(C#Cc2ccccc2NS(=O)(=O)c2ccc(Br)c3ccccc23)cn1. The van der Waals surface area contributed by atoms with Gasteiger partial charge in [-0.25, -0.2) is 18.2 Å². The van der Waals surface area contributed by atoms with E-state index in [1.807, 2.05) is 12.1 Å². The van der Waals surface area contributed by atoms with Crippen molar-refractivity contribution in [2.24, 2.45) is 0 Å². The van der Waals surface area contributed by atoms with E-state index in [0.29, 0.717) is 22.2 Å². The number of fused-ring (bicyclic) bond motifs is 1. The van der Waals surface area contributed by atoms with Gasteiger partial charge < -0.3 is 5.11 Å². The number of pyridine rings is 1.